The number of hydrogen-bond acceptors (Lipinski definition) is 1. The Hall–Kier alpha value is -1.60. The van der Waals surface area contributed by atoms with Crippen LogP contribution in [0.2, 0.25) is 0 Å². The van der Waals surface area contributed by atoms with E-state index in [-0.39, 0.29) is 0 Å². The van der Waals surface area contributed by atoms with Gasteiger partial charge in [0.15, 0.2) is 0 Å². The van der Waals surface area contributed by atoms with Crippen molar-refractivity contribution in [2.24, 2.45) is 0 Å². The molecule has 0 saturated heterocycles. The van der Waals surface area contributed by atoms with Gasteiger partial charge < -0.3 is 5.32 Å². The van der Waals surface area contributed by atoms with Gasteiger partial charge in [-0.2, -0.15) is 0 Å². The smallest absolute Gasteiger partial charge is 0.0317 e. The maximum Gasteiger partial charge on any atom is 0.0317 e. The second-order valence-corrected chi connectivity index (χ2v) is 5.59. The Morgan fingerprint density at radius 1 is 0.810 bits per heavy atom. The molecule has 1 nitrogen and oxygen atoms in total. The SMILES string of the molecule is CCCc1ccc(-c2ccc(C(CC)NCC)cc2)cc1. The van der Waals surface area contributed by atoms with Crippen LogP contribution in [-0.4, -0.2) is 6.54 Å². The van der Waals surface area contributed by atoms with Crippen molar-refractivity contribution < 1.29 is 0 Å². The van der Waals surface area contributed by atoms with Gasteiger partial charge in [-0.05, 0) is 41.6 Å². The zero-order valence-corrected chi connectivity index (χ0v) is 13.5. The molecule has 1 atom stereocenters. The Morgan fingerprint density at radius 3 is 1.86 bits per heavy atom. The fraction of sp³-hybridized carbons (Fsp3) is 0.400. The first-order chi connectivity index (χ1) is 10.3. The van der Waals surface area contributed by atoms with Crippen LogP contribution in [0.1, 0.15) is 50.8 Å². The highest BCUT2D eigenvalue weighted by molar-refractivity contribution is 5.64. The second kappa shape index (κ2) is 7.99. The number of nitrogens with one attached hydrogen (secondary N) is 1. The molecular formula is C20H27N. The van der Waals surface area contributed by atoms with E-state index in [1.165, 1.54) is 35.1 Å². The van der Waals surface area contributed by atoms with Gasteiger partial charge in [-0.3, -0.25) is 0 Å². The molecule has 1 N–H and O–H groups in total. The van der Waals surface area contributed by atoms with Crippen molar-refractivity contribution in [2.75, 3.05) is 6.54 Å². The maximum atomic E-state index is 3.53. The van der Waals surface area contributed by atoms with Gasteiger partial charge in [0.25, 0.3) is 0 Å². The minimum absolute atomic E-state index is 0.469. The average molecular weight is 281 g/mol. The largest absolute Gasteiger partial charge is 0.310 e. The molecule has 0 aliphatic rings. The minimum atomic E-state index is 0.469. The first-order valence-corrected chi connectivity index (χ1v) is 8.21. The third kappa shape index (κ3) is 4.18. The van der Waals surface area contributed by atoms with E-state index in [1.54, 1.807) is 0 Å². The summed E-state index contributed by atoms with van der Waals surface area (Å²) >= 11 is 0. The minimum Gasteiger partial charge on any atom is -0.310 e. The van der Waals surface area contributed by atoms with Crippen molar-refractivity contribution in [3.63, 3.8) is 0 Å². The lowest BCUT2D eigenvalue weighted by molar-refractivity contribution is 0.537. The van der Waals surface area contributed by atoms with Crippen LogP contribution in [0.4, 0.5) is 0 Å². The molecule has 0 radical (unpaired) electrons. The Morgan fingerprint density at radius 2 is 1.38 bits per heavy atom. The molecule has 0 saturated carbocycles. The summed E-state index contributed by atoms with van der Waals surface area (Å²) in [5, 5.41) is 3.53. The van der Waals surface area contributed by atoms with E-state index in [0.717, 1.165) is 13.0 Å². The van der Waals surface area contributed by atoms with Crippen LogP contribution in [-0.2, 0) is 6.42 Å². The van der Waals surface area contributed by atoms with Crippen molar-refractivity contribution in [3.05, 3.63) is 59.7 Å². The van der Waals surface area contributed by atoms with Gasteiger partial charge in [-0.1, -0.05) is 75.7 Å². The van der Waals surface area contributed by atoms with E-state index in [4.69, 9.17) is 0 Å². The van der Waals surface area contributed by atoms with Crippen molar-refractivity contribution >= 4 is 0 Å². The Labute approximate surface area is 129 Å². The number of rotatable bonds is 7. The quantitative estimate of drug-likeness (QED) is 0.719. The molecular weight excluding hydrogens is 254 g/mol. The van der Waals surface area contributed by atoms with E-state index >= 15 is 0 Å². The van der Waals surface area contributed by atoms with Gasteiger partial charge in [0.2, 0.25) is 0 Å². The summed E-state index contributed by atoms with van der Waals surface area (Å²) in [4.78, 5) is 0. The molecule has 2 rings (SSSR count). The van der Waals surface area contributed by atoms with Crippen LogP contribution >= 0.6 is 0 Å². The lowest BCUT2D eigenvalue weighted by Gasteiger charge is -2.16. The lowest BCUT2D eigenvalue weighted by atomic mass is 9.98. The molecule has 2 aromatic rings. The Balaban J connectivity index is 2.14. The third-order valence-corrected chi connectivity index (χ3v) is 4.00. The molecule has 0 amide bonds. The maximum absolute atomic E-state index is 3.53. The number of benzene rings is 2. The molecule has 0 aliphatic heterocycles. The van der Waals surface area contributed by atoms with Crippen LogP contribution in [0.5, 0.6) is 0 Å². The summed E-state index contributed by atoms with van der Waals surface area (Å²) in [5.74, 6) is 0. The fourth-order valence-corrected chi connectivity index (χ4v) is 2.80. The van der Waals surface area contributed by atoms with Crippen molar-refractivity contribution in [3.8, 4) is 11.1 Å². The van der Waals surface area contributed by atoms with Crippen LogP contribution in [0.25, 0.3) is 11.1 Å². The summed E-state index contributed by atoms with van der Waals surface area (Å²) in [5.41, 5.74) is 5.41. The van der Waals surface area contributed by atoms with Crippen LogP contribution in [0.15, 0.2) is 48.5 Å². The molecule has 2 aromatic carbocycles. The predicted molar refractivity (Wildman–Crippen MR) is 92.6 cm³/mol. The Kier molecular flexibility index (Phi) is 6.01. The molecule has 0 bridgehead atoms. The molecule has 0 aliphatic carbocycles. The summed E-state index contributed by atoms with van der Waals surface area (Å²) in [7, 11) is 0. The molecule has 1 unspecified atom stereocenters. The van der Waals surface area contributed by atoms with Gasteiger partial charge in [-0.25, -0.2) is 0 Å². The standard InChI is InChI=1S/C20H27N/c1-4-7-16-8-10-17(11-9-16)18-12-14-19(15-13-18)20(5-2)21-6-3/h8-15,20-21H,4-7H2,1-3H3. The predicted octanol–water partition coefficient (Wildman–Crippen LogP) is 5.37. The summed E-state index contributed by atoms with van der Waals surface area (Å²) in [6.07, 6.45) is 3.50. The fourth-order valence-electron chi connectivity index (χ4n) is 2.80. The third-order valence-electron chi connectivity index (χ3n) is 4.00. The zero-order valence-electron chi connectivity index (χ0n) is 13.5. The molecule has 0 spiro atoms. The zero-order chi connectivity index (χ0) is 15.1. The van der Waals surface area contributed by atoms with Gasteiger partial charge in [0, 0.05) is 6.04 Å². The topological polar surface area (TPSA) is 12.0 Å². The van der Waals surface area contributed by atoms with E-state index in [0.29, 0.717) is 6.04 Å². The van der Waals surface area contributed by atoms with Crippen LogP contribution in [0, 0.1) is 0 Å². The molecule has 0 heterocycles. The average Bonchev–Trinajstić information content (AvgIpc) is 2.54. The molecule has 0 aromatic heterocycles. The van der Waals surface area contributed by atoms with Crippen molar-refractivity contribution in [2.45, 2.75) is 46.1 Å². The summed E-state index contributed by atoms with van der Waals surface area (Å²) in [6.45, 7) is 7.63. The van der Waals surface area contributed by atoms with E-state index < -0.39 is 0 Å². The lowest BCUT2D eigenvalue weighted by Crippen LogP contribution is -2.19. The number of hydrogen-bond donors (Lipinski definition) is 1. The number of aryl methyl sites for hydroxylation is 1. The van der Waals surface area contributed by atoms with Gasteiger partial charge >= 0.3 is 0 Å². The highest BCUT2D eigenvalue weighted by Gasteiger charge is 2.07. The van der Waals surface area contributed by atoms with Crippen molar-refractivity contribution in [1.29, 1.82) is 0 Å². The first-order valence-electron chi connectivity index (χ1n) is 8.21. The first kappa shape index (κ1) is 15.8. The van der Waals surface area contributed by atoms with Gasteiger partial charge in [-0.15, -0.1) is 0 Å². The second-order valence-electron chi connectivity index (χ2n) is 5.59. The van der Waals surface area contributed by atoms with E-state index in [2.05, 4.69) is 74.6 Å². The highest BCUT2D eigenvalue weighted by Crippen LogP contribution is 2.24. The van der Waals surface area contributed by atoms with Gasteiger partial charge in [0.05, 0.1) is 0 Å². The Bertz CT molecular complexity index is 525. The molecule has 21 heavy (non-hydrogen) atoms. The van der Waals surface area contributed by atoms with E-state index in [9.17, 15) is 0 Å². The van der Waals surface area contributed by atoms with Crippen molar-refractivity contribution in [1.82, 2.24) is 5.32 Å². The van der Waals surface area contributed by atoms with Gasteiger partial charge in [0.1, 0.15) is 0 Å². The molecule has 0 fully saturated rings. The monoisotopic (exact) mass is 281 g/mol. The van der Waals surface area contributed by atoms with Crippen LogP contribution in [0.3, 0.4) is 0 Å². The highest BCUT2D eigenvalue weighted by atomic mass is 14.9. The molecule has 1 heteroatoms. The summed E-state index contributed by atoms with van der Waals surface area (Å²) < 4.78 is 0. The normalized spacial score (nSPS) is 12.3. The van der Waals surface area contributed by atoms with Crippen LogP contribution < -0.4 is 5.32 Å². The summed E-state index contributed by atoms with van der Waals surface area (Å²) in [6, 6.07) is 18.4. The van der Waals surface area contributed by atoms with E-state index in [1.807, 2.05) is 0 Å². The molecule has 112 valence electrons.